The lowest BCUT2D eigenvalue weighted by Gasteiger charge is -2.44. The van der Waals surface area contributed by atoms with Crippen LogP contribution in [0.1, 0.15) is 19.4 Å². The van der Waals surface area contributed by atoms with Gasteiger partial charge < -0.3 is 15.0 Å². The summed E-state index contributed by atoms with van der Waals surface area (Å²) in [5.41, 5.74) is 2.91. The fourth-order valence-corrected chi connectivity index (χ4v) is 4.58. The molecule has 166 valence electrons. The summed E-state index contributed by atoms with van der Waals surface area (Å²) in [4.78, 5) is 19.3. The SMILES string of the molecule is COc1cc2c(cc1N1C[C@@H](C)N(C)[C@@H](C)C1)N(C(=O)Nc1cccc(Cl)c1F)CC2. The van der Waals surface area contributed by atoms with E-state index in [9.17, 15) is 9.18 Å². The molecule has 6 nitrogen and oxygen atoms in total. The number of amides is 2. The van der Waals surface area contributed by atoms with Gasteiger partial charge in [-0.1, -0.05) is 17.7 Å². The maximum atomic E-state index is 14.3. The van der Waals surface area contributed by atoms with Crippen LogP contribution in [0, 0.1) is 5.82 Å². The lowest BCUT2D eigenvalue weighted by molar-refractivity contribution is 0.169. The molecule has 2 aliphatic rings. The molecule has 0 radical (unpaired) electrons. The fraction of sp³-hybridized carbons (Fsp3) is 0.435. The van der Waals surface area contributed by atoms with Crippen molar-refractivity contribution in [3.63, 3.8) is 0 Å². The normalized spacial score (nSPS) is 21.2. The van der Waals surface area contributed by atoms with E-state index < -0.39 is 5.82 Å². The predicted octanol–water partition coefficient (Wildman–Crippen LogP) is 4.61. The van der Waals surface area contributed by atoms with Gasteiger partial charge in [0.15, 0.2) is 5.82 Å². The Bertz CT molecular complexity index is 990. The van der Waals surface area contributed by atoms with Crippen molar-refractivity contribution in [2.45, 2.75) is 32.4 Å². The van der Waals surface area contributed by atoms with Crippen molar-refractivity contribution in [3.8, 4) is 5.75 Å². The number of carbonyl (C=O) groups excluding carboxylic acids is 1. The van der Waals surface area contributed by atoms with E-state index in [0.29, 0.717) is 25.0 Å². The quantitative estimate of drug-likeness (QED) is 0.747. The maximum Gasteiger partial charge on any atom is 0.326 e. The lowest BCUT2D eigenvalue weighted by atomic mass is 10.1. The van der Waals surface area contributed by atoms with Gasteiger partial charge in [-0.3, -0.25) is 9.80 Å². The minimum Gasteiger partial charge on any atom is -0.495 e. The molecule has 0 aliphatic carbocycles. The zero-order valence-electron chi connectivity index (χ0n) is 18.3. The third-order valence-corrected chi connectivity index (χ3v) is 6.71. The highest BCUT2D eigenvalue weighted by molar-refractivity contribution is 6.31. The summed E-state index contributed by atoms with van der Waals surface area (Å²) < 4.78 is 20.0. The zero-order valence-corrected chi connectivity index (χ0v) is 19.0. The van der Waals surface area contributed by atoms with Crippen molar-refractivity contribution in [2.75, 3.05) is 48.9 Å². The van der Waals surface area contributed by atoms with Gasteiger partial charge in [-0.2, -0.15) is 0 Å². The number of rotatable bonds is 3. The summed E-state index contributed by atoms with van der Waals surface area (Å²) >= 11 is 5.85. The number of hydrogen-bond acceptors (Lipinski definition) is 4. The topological polar surface area (TPSA) is 48.1 Å². The standard InChI is InChI=1S/C23H28ClFN4O2/c1-14-12-28(13-15(2)27(14)3)20-11-19-16(10-21(20)31-4)8-9-29(19)23(30)26-18-7-5-6-17(24)22(18)25/h5-7,10-11,14-15H,8-9,12-13H2,1-4H3,(H,26,30)/t14-,15+. The molecule has 2 aromatic rings. The molecule has 8 heteroatoms. The number of nitrogens with zero attached hydrogens (tertiary/aromatic N) is 3. The molecule has 1 saturated heterocycles. The highest BCUT2D eigenvalue weighted by atomic mass is 35.5. The van der Waals surface area contributed by atoms with Crippen LogP contribution in [0.5, 0.6) is 5.75 Å². The fourth-order valence-electron chi connectivity index (χ4n) is 4.41. The summed E-state index contributed by atoms with van der Waals surface area (Å²) in [6.07, 6.45) is 0.715. The number of urea groups is 1. The van der Waals surface area contributed by atoms with Crippen molar-refractivity contribution in [3.05, 3.63) is 46.7 Å². The first-order chi connectivity index (χ1) is 14.8. The number of halogens is 2. The smallest absolute Gasteiger partial charge is 0.326 e. The van der Waals surface area contributed by atoms with Crippen LogP contribution in [0.25, 0.3) is 0 Å². The minimum atomic E-state index is -0.632. The van der Waals surface area contributed by atoms with E-state index in [0.717, 1.165) is 35.8 Å². The Hall–Kier alpha value is -2.51. The number of fused-ring (bicyclic) bond motifs is 1. The van der Waals surface area contributed by atoms with E-state index in [-0.39, 0.29) is 16.7 Å². The van der Waals surface area contributed by atoms with Gasteiger partial charge in [0.25, 0.3) is 0 Å². The highest BCUT2D eigenvalue weighted by Gasteiger charge is 2.32. The molecular formula is C23H28ClFN4O2. The van der Waals surface area contributed by atoms with Crippen molar-refractivity contribution >= 4 is 34.7 Å². The second kappa shape index (κ2) is 8.55. The number of piperazine rings is 1. The van der Waals surface area contributed by atoms with Crippen LogP contribution in [0.15, 0.2) is 30.3 Å². The molecule has 1 fully saturated rings. The summed E-state index contributed by atoms with van der Waals surface area (Å²) in [5, 5.41) is 2.63. The van der Waals surface area contributed by atoms with Crippen LogP contribution >= 0.6 is 11.6 Å². The van der Waals surface area contributed by atoms with Crippen LogP contribution in [-0.4, -0.2) is 56.8 Å². The zero-order chi connectivity index (χ0) is 22.3. The van der Waals surface area contributed by atoms with E-state index >= 15 is 0 Å². The number of nitrogens with one attached hydrogen (secondary N) is 1. The second-order valence-corrected chi connectivity index (χ2v) is 8.76. The molecule has 2 heterocycles. The van der Waals surface area contributed by atoms with Crippen molar-refractivity contribution in [1.29, 1.82) is 0 Å². The number of anilines is 3. The average molecular weight is 447 g/mol. The molecule has 0 aromatic heterocycles. The Labute approximate surface area is 187 Å². The van der Waals surface area contributed by atoms with Crippen molar-refractivity contribution in [2.24, 2.45) is 0 Å². The Morgan fingerprint density at radius 3 is 2.58 bits per heavy atom. The van der Waals surface area contributed by atoms with E-state index in [1.54, 1.807) is 18.1 Å². The van der Waals surface area contributed by atoms with Gasteiger partial charge in [0.2, 0.25) is 0 Å². The number of carbonyl (C=O) groups is 1. The second-order valence-electron chi connectivity index (χ2n) is 8.35. The number of ether oxygens (including phenoxy) is 1. The lowest BCUT2D eigenvalue weighted by Crippen LogP contribution is -2.55. The third-order valence-electron chi connectivity index (χ3n) is 6.41. The van der Waals surface area contributed by atoms with E-state index in [4.69, 9.17) is 16.3 Å². The Morgan fingerprint density at radius 1 is 1.19 bits per heavy atom. The van der Waals surface area contributed by atoms with Gasteiger partial charge in [-0.05, 0) is 57.1 Å². The Morgan fingerprint density at radius 2 is 1.90 bits per heavy atom. The molecule has 2 aromatic carbocycles. The molecule has 31 heavy (non-hydrogen) atoms. The summed E-state index contributed by atoms with van der Waals surface area (Å²) in [7, 11) is 3.82. The van der Waals surface area contributed by atoms with Crippen LogP contribution in [0.4, 0.5) is 26.2 Å². The molecular weight excluding hydrogens is 419 g/mol. The van der Waals surface area contributed by atoms with Crippen molar-refractivity contribution < 1.29 is 13.9 Å². The molecule has 0 saturated carbocycles. The van der Waals surface area contributed by atoms with Crippen molar-refractivity contribution in [1.82, 2.24) is 4.90 Å². The molecule has 0 spiro atoms. The molecule has 0 unspecified atom stereocenters. The van der Waals surface area contributed by atoms with E-state index in [1.165, 1.54) is 12.1 Å². The maximum absolute atomic E-state index is 14.3. The largest absolute Gasteiger partial charge is 0.495 e. The highest BCUT2D eigenvalue weighted by Crippen LogP contribution is 2.40. The summed E-state index contributed by atoms with van der Waals surface area (Å²) in [6.45, 7) is 6.68. The van der Waals surface area contributed by atoms with E-state index in [2.05, 4.69) is 36.0 Å². The number of benzene rings is 2. The number of methoxy groups -OCH3 is 1. The molecule has 0 bridgehead atoms. The van der Waals surface area contributed by atoms with Crippen LogP contribution in [0.3, 0.4) is 0 Å². The van der Waals surface area contributed by atoms with Gasteiger partial charge >= 0.3 is 6.03 Å². The molecule has 1 N–H and O–H groups in total. The van der Waals surface area contributed by atoms with Gasteiger partial charge in [-0.25, -0.2) is 9.18 Å². The number of likely N-dealkylation sites (N-methyl/N-ethyl adjacent to an activating group) is 1. The third kappa shape index (κ3) is 4.04. The average Bonchev–Trinajstić information content (AvgIpc) is 3.17. The van der Waals surface area contributed by atoms with Gasteiger partial charge in [-0.15, -0.1) is 0 Å². The monoisotopic (exact) mass is 446 g/mol. The molecule has 2 aliphatic heterocycles. The first kappa shape index (κ1) is 21.7. The summed E-state index contributed by atoms with van der Waals surface area (Å²) in [6, 6.07) is 9.02. The Balaban J connectivity index is 1.63. The molecule has 4 rings (SSSR count). The van der Waals surface area contributed by atoms with Gasteiger partial charge in [0.05, 0.1) is 29.2 Å². The van der Waals surface area contributed by atoms with Crippen LogP contribution < -0.4 is 19.9 Å². The molecule has 2 amide bonds. The number of hydrogen-bond donors (Lipinski definition) is 1. The minimum absolute atomic E-state index is 0.0232. The Kier molecular flexibility index (Phi) is 5.99. The van der Waals surface area contributed by atoms with Gasteiger partial charge in [0.1, 0.15) is 5.75 Å². The summed E-state index contributed by atoms with van der Waals surface area (Å²) in [5.74, 6) is 0.179. The van der Waals surface area contributed by atoms with Gasteiger partial charge in [0, 0.05) is 31.7 Å². The van der Waals surface area contributed by atoms with Crippen LogP contribution in [-0.2, 0) is 6.42 Å². The molecule has 2 atom stereocenters. The first-order valence-corrected chi connectivity index (χ1v) is 10.9. The predicted molar refractivity (Wildman–Crippen MR) is 123 cm³/mol. The van der Waals surface area contributed by atoms with E-state index in [1.807, 2.05) is 12.1 Å². The van der Waals surface area contributed by atoms with Crippen LogP contribution in [0.2, 0.25) is 5.02 Å². The first-order valence-electron chi connectivity index (χ1n) is 10.5.